The Hall–Kier alpha value is -1.10. The lowest BCUT2D eigenvalue weighted by atomic mass is 10.2. The average Bonchev–Trinajstić information content (AvgIpc) is 3.00. The minimum Gasteiger partial charge on any atom is -0.467 e. The number of aryl methyl sites for hydroxylation is 1. The van der Waals surface area contributed by atoms with Gasteiger partial charge in [0.25, 0.3) is 0 Å². The first kappa shape index (κ1) is 15.3. The van der Waals surface area contributed by atoms with Crippen LogP contribution in [0.15, 0.2) is 28.9 Å². The van der Waals surface area contributed by atoms with Crippen molar-refractivity contribution in [2.45, 2.75) is 40.5 Å². The molecular formula is C16H23NO2S. The van der Waals surface area contributed by atoms with Gasteiger partial charge in [-0.1, -0.05) is 13.8 Å². The summed E-state index contributed by atoms with van der Waals surface area (Å²) < 4.78 is 10.9. The van der Waals surface area contributed by atoms with Crippen LogP contribution in [-0.2, 0) is 24.5 Å². The minimum absolute atomic E-state index is 0.531. The van der Waals surface area contributed by atoms with Gasteiger partial charge in [0.1, 0.15) is 12.4 Å². The molecule has 0 aliphatic heterocycles. The van der Waals surface area contributed by atoms with Gasteiger partial charge in [0.15, 0.2) is 0 Å². The second kappa shape index (κ2) is 7.62. The Morgan fingerprint density at radius 1 is 1.35 bits per heavy atom. The fraction of sp³-hybridized carbons (Fsp3) is 0.500. The van der Waals surface area contributed by atoms with Crippen molar-refractivity contribution >= 4 is 11.3 Å². The maximum Gasteiger partial charge on any atom is 0.129 e. The largest absolute Gasteiger partial charge is 0.467 e. The van der Waals surface area contributed by atoms with Crippen LogP contribution in [0.2, 0.25) is 0 Å². The lowest BCUT2D eigenvalue weighted by Gasteiger charge is -2.05. The molecule has 0 saturated heterocycles. The summed E-state index contributed by atoms with van der Waals surface area (Å²) in [6.07, 6.45) is 1.67. The van der Waals surface area contributed by atoms with E-state index in [9.17, 15) is 0 Å². The summed E-state index contributed by atoms with van der Waals surface area (Å²) in [7, 11) is 0. The van der Waals surface area contributed by atoms with E-state index in [-0.39, 0.29) is 0 Å². The Balaban J connectivity index is 1.78. The fourth-order valence-electron chi connectivity index (χ4n) is 1.96. The highest BCUT2D eigenvalue weighted by Crippen LogP contribution is 2.22. The molecule has 0 saturated carbocycles. The number of nitrogens with one attached hydrogen (secondary N) is 1. The highest BCUT2D eigenvalue weighted by molar-refractivity contribution is 7.12. The first-order valence-corrected chi connectivity index (χ1v) is 7.86. The lowest BCUT2D eigenvalue weighted by Crippen LogP contribution is -2.18. The van der Waals surface area contributed by atoms with Gasteiger partial charge in [0.2, 0.25) is 0 Å². The summed E-state index contributed by atoms with van der Waals surface area (Å²) in [6.45, 7) is 9.78. The van der Waals surface area contributed by atoms with Gasteiger partial charge >= 0.3 is 0 Å². The second-order valence-electron chi connectivity index (χ2n) is 5.39. The van der Waals surface area contributed by atoms with E-state index in [0.29, 0.717) is 19.1 Å². The highest BCUT2D eigenvalue weighted by Gasteiger charge is 2.06. The van der Waals surface area contributed by atoms with Crippen molar-refractivity contribution in [2.75, 3.05) is 6.54 Å². The number of thiophene rings is 1. The van der Waals surface area contributed by atoms with Crippen LogP contribution in [0.3, 0.4) is 0 Å². The van der Waals surface area contributed by atoms with Crippen molar-refractivity contribution in [1.29, 1.82) is 0 Å². The maximum atomic E-state index is 5.69. The van der Waals surface area contributed by atoms with Crippen molar-refractivity contribution in [3.63, 3.8) is 0 Å². The van der Waals surface area contributed by atoms with E-state index in [4.69, 9.17) is 9.15 Å². The molecule has 0 unspecified atom stereocenters. The SMILES string of the molecule is Cc1sc(CNCC(C)C)cc1COCc1ccco1. The standard InChI is InChI=1S/C16H23NO2S/c1-12(2)8-17-9-16-7-14(13(3)20-16)10-18-11-15-5-4-6-19-15/h4-7,12,17H,8-11H2,1-3H3. The van der Waals surface area contributed by atoms with E-state index in [0.717, 1.165) is 18.8 Å². The fourth-order valence-corrected chi connectivity index (χ4v) is 2.98. The summed E-state index contributed by atoms with van der Waals surface area (Å²) in [5.41, 5.74) is 1.28. The molecule has 0 amide bonds. The van der Waals surface area contributed by atoms with Crippen LogP contribution >= 0.6 is 11.3 Å². The summed E-state index contributed by atoms with van der Waals surface area (Å²) in [5, 5.41) is 3.47. The first-order chi connectivity index (χ1) is 9.65. The molecule has 20 heavy (non-hydrogen) atoms. The van der Waals surface area contributed by atoms with Crippen molar-refractivity contribution < 1.29 is 9.15 Å². The zero-order valence-corrected chi connectivity index (χ0v) is 13.3. The molecular weight excluding hydrogens is 270 g/mol. The van der Waals surface area contributed by atoms with Gasteiger partial charge in [-0.2, -0.15) is 0 Å². The summed E-state index contributed by atoms with van der Waals surface area (Å²) in [6, 6.07) is 6.06. The van der Waals surface area contributed by atoms with Gasteiger partial charge in [-0.05, 0) is 43.1 Å². The Labute approximate surface area is 125 Å². The monoisotopic (exact) mass is 293 g/mol. The van der Waals surface area contributed by atoms with E-state index >= 15 is 0 Å². The molecule has 2 rings (SSSR count). The number of ether oxygens (including phenoxy) is 1. The maximum absolute atomic E-state index is 5.69. The van der Waals surface area contributed by atoms with E-state index in [1.54, 1.807) is 6.26 Å². The second-order valence-corrected chi connectivity index (χ2v) is 6.73. The van der Waals surface area contributed by atoms with Crippen LogP contribution in [0.25, 0.3) is 0 Å². The molecule has 0 aliphatic carbocycles. The van der Waals surface area contributed by atoms with Gasteiger partial charge in [0.05, 0.1) is 12.9 Å². The van der Waals surface area contributed by atoms with E-state index in [2.05, 4.69) is 32.2 Å². The Bertz CT molecular complexity index is 503. The van der Waals surface area contributed by atoms with Crippen LogP contribution in [0.4, 0.5) is 0 Å². The molecule has 110 valence electrons. The zero-order chi connectivity index (χ0) is 14.4. The lowest BCUT2D eigenvalue weighted by molar-refractivity contribution is 0.0928. The summed E-state index contributed by atoms with van der Waals surface area (Å²) in [4.78, 5) is 2.71. The average molecular weight is 293 g/mol. The Kier molecular flexibility index (Phi) is 5.83. The highest BCUT2D eigenvalue weighted by atomic mass is 32.1. The molecule has 0 atom stereocenters. The third kappa shape index (κ3) is 4.78. The van der Waals surface area contributed by atoms with Gasteiger partial charge in [0, 0.05) is 16.3 Å². The minimum atomic E-state index is 0.531. The van der Waals surface area contributed by atoms with Crippen LogP contribution in [-0.4, -0.2) is 6.54 Å². The van der Waals surface area contributed by atoms with E-state index < -0.39 is 0 Å². The van der Waals surface area contributed by atoms with Crippen molar-refractivity contribution in [3.8, 4) is 0 Å². The molecule has 2 heterocycles. The predicted octanol–water partition coefficient (Wildman–Crippen LogP) is 4.11. The molecule has 2 aromatic rings. The van der Waals surface area contributed by atoms with Crippen molar-refractivity contribution in [1.82, 2.24) is 5.32 Å². The van der Waals surface area contributed by atoms with Gasteiger partial charge in [-0.25, -0.2) is 0 Å². The number of furan rings is 1. The molecule has 0 spiro atoms. The Morgan fingerprint density at radius 2 is 2.20 bits per heavy atom. The molecule has 3 nitrogen and oxygen atoms in total. The van der Waals surface area contributed by atoms with E-state index in [1.807, 2.05) is 23.5 Å². The Morgan fingerprint density at radius 3 is 2.90 bits per heavy atom. The summed E-state index contributed by atoms with van der Waals surface area (Å²) >= 11 is 1.85. The molecule has 0 bridgehead atoms. The molecule has 0 fully saturated rings. The molecule has 1 N–H and O–H groups in total. The zero-order valence-electron chi connectivity index (χ0n) is 12.4. The third-order valence-corrected chi connectivity index (χ3v) is 4.10. The first-order valence-electron chi connectivity index (χ1n) is 7.04. The third-order valence-electron chi connectivity index (χ3n) is 3.01. The topological polar surface area (TPSA) is 34.4 Å². The molecule has 4 heteroatoms. The van der Waals surface area contributed by atoms with Crippen molar-refractivity contribution in [3.05, 3.63) is 45.5 Å². The molecule has 2 aromatic heterocycles. The van der Waals surface area contributed by atoms with Crippen LogP contribution in [0.5, 0.6) is 0 Å². The van der Waals surface area contributed by atoms with Crippen LogP contribution in [0.1, 0.15) is 34.9 Å². The molecule has 0 radical (unpaired) electrons. The number of hydrogen-bond donors (Lipinski definition) is 1. The summed E-state index contributed by atoms with van der Waals surface area (Å²) in [5.74, 6) is 1.56. The van der Waals surface area contributed by atoms with Gasteiger partial charge in [-0.15, -0.1) is 11.3 Å². The van der Waals surface area contributed by atoms with E-state index in [1.165, 1.54) is 15.3 Å². The van der Waals surface area contributed by atoms with Crippen LogP contribution in [0, 0.1) is 12.8 Å². The molecule has 0 aromatic carbocycles. The van der Waals surface area contributed by atoms with Gasteiger partial charge in [-0.3, -0.25) is 0 Å². The molecule has 0 aliphatic rings. The quantitative estimate of drug-likeness (QED) is 0.795. The predicted molar refractivity (Wildman–Crippen MR) is 82.8 cm³/mol. The van der Waals surface area contributed by atoms with Gasteiger partial charge < -0.3 is 14.5 Å². The normalized spacial score (nSPS) is 11.4. The smallest absolute Gasteiger partial charge is 0.129 e. The van der Waals surface area contributed by atoms with Crippen LogP contribution < -0.4 is 5.32 Å². The van der Waals surface area contributed by atoms with Crippen molar-refractivity contribution in [2.24, 2.45) is 5.92 Å². The number of hydrogen-bond acceptors (Lipinski definition) is 4. The number of rotatable bonds is 8.